The predicted molar refractivity (Wildman–Crippen MR) is 72.6 cm³/mol. The molecule has 18 heavy (non-hydrogen) atoms. The van der Waals surface area contributed by atoms with Gasteiger partial charge in [0.1, 0.15) is 0 Å². The van der Waals surface area contributed by atoms with Crippen LogP contribution in [0.4, 0.5) is 5.69 Å². The number of thioether (sulfide) groups is 1. The van der Waals surface area contributed by atoms with Gasteiger partial charge >= 0.3 is 0 Å². The number of nitrogens with zero attached hydrogens (tertiary/aromatic N) is 1. The number of hydrogen-bond donors (Lipinski definition) is 0. The lowest BCUT2D eigenvalue weighted by Crippen LogP contribution is -2.50. The van der Waals surface area contributed by atoms with Crippen LogP contribution in [0.2, 0.25) is 0 Å². The van der Waals surface area contributed by atoms with Crippen LogP contribution in [0, 0.1) is 0 Å². The van der Waals surface area contributed by atoms with Crippen LogP contribution in [0.25, 0.3) is 0 Å². The van der Waals surface area contributed by atoms with E-state index in [9.17, 15) is 13.2 Å². The molecule has 2 saturated heterocycles. The Kier molecular flexibility index (Phi) is 2.86. The maximum Gasteiger partial charge on any atom is 0.237 e. The zero-order chi connectivity index (χ0) is 12.8. The molecule has 3 rings (SSSR count). The van der Waals surface area contributed by atoms with Gasteiger partial charge in [0.25, 0.3) is 0 Å². The van der Waals surface area contributed by atoms with Crippen molar-refractivity contribution in [3.05, 3.63) is 30.3 Å². The van der Waals surface area contributed by atoms with E-state index in [-0.39, 0.29) is 28.7 Å². The van der Waals surface area contributed by atoms with Gasteiger partial charge in [0, 0.05) is 10.9 Å². The lowest BCUT2D eigenvalue weighted by Gasteiger charge is -2.36. The normalized spacial score (nSPS) is 30.2. The molecule has 1 aromatic carbocycles. The third-order valence-corrected chi connectivity index (χ3v) is 6.58. The van der Waals surface area contributed by atoms with Gasteiger partial charge in [-0.05, 0) is 12.1 Å². The summed E-state index contributed by atoms with van der Waals surface area (Å²) in [6.45, 7) is 0. The van der Waals surface area contributed by atoms with Crippen LogP contribution in [-0.2, 0) is 14.6 Å². The largest absolute Gasteiger partial charge is 0.306 e. The monoisotopic (exact) mass is 283 g/mol. The van der Waals surface area contributed by atoms with Crippen LogP contribution in [0.15, 0.2) is 30.3 Å². The zero-order valence-electron chi connectivity index (χ0n) is 9.65. The van der Waals surface area contributed by atoms with E-state index in [0.29, 0.717) is 5.75 Å². The molecule has 6 heteroatoms. The number of hydrogen-bond acceptors (Lipinski definition) is 4. The third-order valence-electron chi connectivity index (χ3n) is 3.33. The summed E-state index contributed by atoms with van der Waals surface area (Å²) < 4.78 is 23.5. The molecule has 2 atom stereocenters. The second-order valence-electron chi connectivity index (χ2n) is 4.59. The fourth-order valence-electron chi connectivity index (χ4n) is 2.55. The first-order valence-electron chi connectivity index (χ1n) is 5.76. The number of carbonyl (C=O) groups excluding carboxylic acids is 1. The number of anilines is 1. The first-order chi connectivity index (χ1) is 8.57. The molecule has 0 aliphatic carbocycles. The van der Waals surface area contributed by atoms with Gasteiger partial charge in [0.05, 0.1) is 23.3 Å². The maximum atomic E-state index is 12.1. The number of para-hydroxylation sites is 1. The van der Waals surface area contributed by atoms with E-state index in [1.165, 1.54) is 11.8 Å². The minimum absolute atomic E-state index is 0.00421. The number of fused-ring (bicyclic) bond motifs is 1. The van der Waals surface area contributed by atoms with Crippen molar-refractivity contribution in [3.63, 3.8) is 0 Å². The van der Waals surface area contributed by atoms with Crippen LogP contribution in [0.5, 0.6) is 0 Å². The van der Waals surface area contributed by atoms with Gasteiger partial charge < -0.3 is 4.90 Å². The summed E-state index contributed by atoms with van der Waals surface area (Å²) >= 11 is 1.47. The highest BCUT2D eigenvalue weighted by Crippen LogP contribution is 2.35. The molecular formula is C12H13NO3S2. The number of rotatable bonds is 1. The Morgan fingerprint density at radius 1 is 1.17 bits per heavy atom. The van der Waals surface area contributed by atoms with Crippen LogP contribution >= 0.6 is 11.8 Å². The summed E-state index contributed by atoms with van der Waals surface area (Å²) in [5.41, 5.74) is 0.801. The summed E-state index contributed by atoms with van der Waals surface area (Å²) in [6, 6.07) is 9.12. The van der Waals surface area contributed by atoms with Crippen molar-refractivity contribution >= 4 is 33.2 Å². The summed E-state index contributed by atoms with van der Waals surface area (Å²) in [5, 5.41) is 0.0212. The molecule has 0 unspecified atom stereocenters. The molecule has 2 heterocycles. The van der Waals surface area contributed by atoms with Crippen molar-refractivity contribution in [3.8, 4) is 0 Å². The highest BCUT2D eigenvalue weighted by molar-refractivity contribution is 8.02. The minimum Gasteiger partial charge on any atom is -0.306 e. The summed E-state index contributed by atoms with van der Waals surface area (Å²) in [5.74, 6) is 0.653. The molecule has 0 aromatic heterocycles. The first-order valence-corrected chi connectivity index (χ1v) is 8.63. The lowest BCUT2D eigenvalue weighted by atomic mass is 10.1. The fourth-order valence-corrected chi connectivity index (χ4v) is 6.38. The van der Waals surface area contributed by atoms with Crippen LogP contribution in [0.1, 0.15) is 0 Å². The van der Waals surface area contributed by atoms with Gasteiger partial charge in [-0.1, -0.05) is 18.2 Å². The van der Waals surface area contributed by atoms with Gasteiger partial charge in [0.2, 0.25) is 5.91 Å². The number of sulfone groups is 1. The quantitative estimate of drug-likeness (QED) is 0.769. The van der Waals surface area contributed by atoms with Crippen molar-refractivity contribution in [1.29, 1.82) is 0 Å². The van der Waals surface area contributed by atoms with E-state index in [2.05, 4.69) is 0 Å². The zero-order valence-corrected chi connectivity index (χ0v) is 11.3. The van der Waals surface area contributed by atoms with E-state index >= 15 is 0 Å². The first kappa shape index (κ1) is 12.0. The van der Waals surface area contributed by atoms with E-state index < -0.39 is 9.84 Å². The minimum atomic E-state index is -3.01. The average molecular weight is 283 g/mol. The Bertz CT molecular complexity index is 570. The Labute approximate surface area is 110 Å². The Balaban J connectivity index is 1.99. The Morgan fingerprint density at radius 2 is 1.89 bits per heavy atom. The molecule has 0 N–H and O–H groups in total. The van der Waals surface area contributed by atoms with Crippen molar-refractivity contribution < 1.29 is 13.2 Å². The van der Waals surface area contributed by atoms with E-state index in [0.717, 1.165) is 5.69 Å². The molecule has 1 aromatic rings. The maximum absolute atomic E-state index is 12.1. The van der Waals surface area contributed by atoms with Gasteiger partial charge in [-0.15, -0.1) is 11.8 Å². The Morgan fingerprint density at radius 3 is 2.61 bits per heavy atom. The van der Waals surface area contributed by atoms with Crippen molar-refractivity contribution in [1.82, 2.24) is 0 Å². The molecule has 2 aliphatic heterocycles. The molecule has 4 nitrogen and oxygen atoms in total. The summed E-state index contributed by atoms with van der Waals surface area (Å²) in [6.07, 6.45) is 0. The predicted octanol–water partition coefficient (Wildman–Crippen LogP) is 0.932. The average Bonchev–Trinajstić information content (AvgIpc) is 2.64. The number of amides is 1. The SMILES string of the molecule is O=C1CS[C@H]2CS(=O)(=O)C[C@H]2N1c1ccccc1. The fraction of sp³-hybridized carbons (Fsp3) is 0.417. The van der Waals surface area contributed by atoms with Gasteiger partial charge in [-0.3, -0.25) is 4.79 Å². The topological polar surface area (TPSA) is 54.5 Å². The van der Waals surface area contributed by atoms with Crippen molar-refractivity contribution in [2.75, 3.05) is 22.2 Å². The second-order valence-corrected chi connectivity index (χ2v) is 7.97. The van der Waals surface area contributed by atoms with E-state index in [4.69, 9.17) is 0 Å². The molecule has 1 amide bonds. The smallest absolute Gasteiger partial charge is 0.237 e. The van der Waals surface area contributed by atoms with Crippen LogP contribution < -0.4 is 4.90 Å². The molecule has 96 valence electrons. The van der Waals surface area contributed by atoms with Crippen molar-refractivity contribution in [2.24, 2.45) is 0 Å². The molecule has 2 aliphatic rings. The lowest BCUT2D eigenvalue weighted by molar-refractivity contribution is -0.116. The molecule has 2 fully saturated rings. The van der Waals surface area contributed by atoms with Crippen LogP contribution in [0.3, 0.4) is 0 Å². The van der Waals surface area contributed by atoms with Crippen molar-refractivity contribution in [2.45, 2.75) is 11.3 Å². The Hall–Kier alpha value is -1.01. The highest BCUT2D eigenvalue weighted by atomic mass is 32.2. The molecule has 0 saturated carbocycles. The third kappa shape index (κ3) is 2.03. The molecular weight excluding hydrogens is 270 g/mol. The van der Waals surface area contributed by atoms with E-state index in [1.54, 1.807) is 4.90 Å². The molecule has 0 spiro atoms. The summed E-state index contributed by atoms with van der Waals surface area (Å²) in [7, 11) is -3.01. The van der Waals surface area contributed by atoms with Crippen LogP contribution in [-0.4, -0.2) is 42.9 Å². The molecule has 0 radical (unpaired) electrons. The number of benzene rings is 1. The number of carbonyl (C=O) groups is 1. The van der Waals surface area contributed by atoms with Gasteiger partial charge in [-0.2, -0.15) is 0 Å². The molecule has 0 bridgehead atoms. The summed E-state index contributed by atoms with van der Waals surface area (Å²) in [4.78, 5) is 13.7. The van der Waals surface area contributed by atoms with E-state index in [1.807, 2.05) is 30.3 Å². The van der Waals surface area contributed by atoms with Gasteiger partial charge in [-0.25, -0.2) is 8.42 Å². The highest BCUT2D eigenvalue weighted by Gasteiger charge is 2.46. The second kappa shape index (κ2) is 4.28. The standard InChI is InChI=1S/C12H13NO3S2/c14-12-6-17-11-8-18(15,16)7-10(11)13(12)9-4-2-1-3-5-9/h1-5,10-11H,6-8H2/t10-,11+/m1/s1. The van der Waals surface area contributed by atoms with Gasteiger partial charge in [0.15, 0.2) is 9.84 Å².